The van der Waals surface area contributed by atoms with Crippen molar-refractivity contribution in [3.8, 4) is 5.75 Å². The lowest BCUT2D eigenvalue weighted by Crippen LogP contribution is -2.48. The molecule has 0 unspecified atom stereocenters. The van der Waals surface area contributed by atoms with Gasteiger partial charge in [0, 0.05) is 42.2 Å². The van der Waals surface area contributed by atoms with E-state index in [1.54, 1.807) is 41.0 Å². The number of halogens is 1. The molecule has 5 atom stereocenters. The topological polar surface area (TPSA) is 99.6 Å². The largest absolute Gasteiger partial charge is 0.497 e. The first-order valence-electron chi connectivity index (χ1n) is 17.2. The number of aliphatic hydroxyl groups is 1. The first-order valence-corrected chi connectivity index (χ1v) is 20.2. The summed E-state index contributed by atoms with van der Waals surface area (Å²) in [6.07, 6.45) is 0.978. The minimum absolute atomic E-state index is 0.0982. The number of ether oxygens (including phenoxy) is 2. The molecule has 4 aliphatic heterocycles. The van der Waals surface area contributed by atoms with Crippen molar-refractivity contribution in [1.82, 2.24) is 4.90 Å². The van der Waals surface area contributed by atoms with Crippen molar-refractivity contribution in [3.05, 3.63) is 89.0 Å². The Morgan fingerprint density at radius 1 is 1.08 bits per heavy atom. The predicted molar refractivity (Wildman–Crippen MR) is 186 cm³/mol. The highest BCUT2D eigenvalue weighted by Gasteiger charge is 2.67. The maximum Gasteiger partial charge on any atom is 0.264 e. The highest BCUT2D eigenvalue weighted by Crippen LogP contribution is 2.60. The normalized spacial score (nSPS) is 26.4. The second-order valence-corrected chi connectivity index (χ2v) is 18.2. The molecule has 0 aliphatic carbocycles. The van der Waals surface area contributed by atoms with Gasteiger partial charge in [-0.2, -0.15) is 0 Å². The predicted octanol–water partition coefficient (Wildman–Crippen LogP) is 5.48. The molecule has 2 saturated heterocycles. The van der Waals surface area contributed by atoms with Crippen LogP contribution in [0.25, 0.3) is 0 Å². The number of amides is 3. The molecule has 9 nitrogen and oxygen atoms in total. The summed E-state index contributed by atoms with van der Waals surface area (Å²) in [5, 5.41) is 10.3. The molecule has 0 saturated carbocycles. The summed E-state index contributed by atoms with van der Waals surface area (Å²) in [5.41, 5.74) is 2.94. The minimum Gasteiger partial charge on any atom is -0.497 e. The van der Waals surface area contributed by atoms with Crippen LogP contribution in [0, 0.1) is 5.92 Å². The molecule has 4 heterocycles. The molecule has 3 amide bonds. The molecule has 4 aliphatic rings. The highest BCUT2D eigenvalue weighted by molar-refractivity contribution is 6.72. The second-order valence-electron chi connectivity index (χ2n) is 14.4. The monoisotopic (exact) mass is 685 g/mol. The van der Waals surface area contributed by atoms with Crippen LogP contribution in [0.2, 0.25) is 18.6 Å². The first kappa shape index (κ1) is 33.4. The number of methoxy groups -OCH3 is 1. The number of rotatable bonds is 8. The number of benzene rings is 3. The Bertz CT molecular complexity index is 1780. The molecule has 1 N–H and O–H groups in total. The quantitative estimate of drug-likeness (QED) is 0.249. The van der Waals surface area contributed by atoms with E-state index in [9.17, 15) is 19.5 Å². The number of carbonyl (C=O) groups is 3. The van der Waals surface area contributed by atoms with Gasteiger partial charge < -0.3 is 33.4 Å². The Hall–Kier alpha value is -4.06. The number of anilines is 2. The summed E-state index contributed by atoms with van der Waals surface area (Å²) in [6.45, 7) is 6.24. The summed E-state index contributed by atoms with van der Waals surface area (Å²) in [4.78, 5) is 46.4. The van der Waals surface area contributed by atoms with Gasteiger partial charge in [0.05, 0.1) is 44.5 Å². The van der Waals surface area contributed by atoms with Crippen LogP contribution in [0.1, 0.15) is 48.4 Å². The maximum absolute atomic E-state index is 16.5. The molecule has 0 bridgehead atoms. The van der Waals surface area contributed by atoms with E-state index in [2.05, 4.69) is 0 Å². The third-order valence-electron chi connectivity index (χ3n) is 11.1. The lowest BCUT2D eigenvalue weighted by Gasteiger charge is -2.37. The van der Waals surface area contributed by atoms with E-state index in [-0.39, 0.29) is 37.3 Å². The molecule has 2 fully saturated rings. The number of aliphatic hydroxyl groups excluding tert-OH is 1. The molecule has 3 aromatic rings. The van der Waals surface area contributed by atoms with Gasteiger partial charge in [-0.15, -0.1) is 0 Å². The lowest BCUT2D eigenvalue weighted by atomic mass is 9.82. The van der Waals surface area contributed by atoms with Crippen LogP contribution in [0.15, 0.2) is 66.7 Å². The second kappa shape index (κ2) is 12.7. The summed E-state index contributed by atoms with van der Waals surface area (Å²) >= 11 is 0. The van der Waals surface area contributed by atoms with E-state index >= 15 is 4.11 Å². The molecular formula is C38H44FN3O6Si. The molecular weight excluding hydrogens is 642 g/mol. The maximum atomic E-state index is 16.5. The van der Waals surface area contributed by atoms with Crippen LogP contribution < -0.4 is 14.5 Å². The van der Waals surface area contributed by atoms with Gasteiger partial charge in [0.15, 0.2) is 5.60 Å². The van der Waals surface area contributed by atoms with E-state index in [4.69, 9.17) is 9.47 Å². The Labute approximate surface area is 287 Å². The van der Waals surface area contributed by atoms with Crippen molar-refractivity contribution in [3.63, 3.8) is 0 Å². The number of nitrogens with zero attached hydrogens (tertiary/aromatic N) is 3. The first-order chi connectivity index (χ1) is 23.5. The Balaban J connectivity index is 1.21. The number of hydrogen-bond donors (Lipinski definition) is 1. The molecule has 258 valence electrons. The Morgan fingerprint density at radius 3 is 2.47 bits per heavy atom. The smallest absolute Gasteiger partial charge is 0.264 e. The van der Waals surface area contributed by atoms with Crippen molar-refractivity contribution in [1.29, 1.82) is 0 Å². The van der Waals surface area contributed by atoms with E-state index < -0.39 is 37.6 Å². The van der Waals surface area contributed by atoms with E-state index in [0.29, 0.717) is 42.9 Å². The molecule has 7 rings (SSSR count). The van der Waals surface area contributed by atoms with Gasteiger partial charge in [-0.05, 0) is 73.0 Å². The Morgan fingerprint density at radius 2 is 1.82 bits per heavy atom. The summed E-state index contributed by atoms with van der Waals surface area (Å²) < 4.78 is 28.9. The van der Waals surface area contributed by atoms with Crippen molar-refractivity contribution in [2.75, 3.05) is 30.1 Å². The zero-order valence-corrected chi connectivity index (χ0v) is 29.5. The van der Waals surface area contributed by atoms with Crippen LogP contribution in [-0.2, 0) is 44.2 Å². The van der Waals surface area contributed by atoms with Crippen LogP contribution in [0.5, 0.6) is 5.75 Å². The minimum atomic E-state index is -3.52. The standard InChI is InChI=1S/C38H44FN3O6Si/c1-24-36(49(3,4)39)33(20-35(45)41-22-27-9-6-5-8-26(27)18-29(41)23-43)48-38(24)31-19-30(47-2)15-16-32(31)42(37(38)46)21-25-11-13-28(14-12-25)40-17-7-10-34(40)44/h5-6,8-9,11-16,19,24,29,33,36,43H,7,10,17-18,20-23H2,1-4H3/t24-,29+,33+,36-,38+/m1/s1. The van der Waals surface area contributed by atoms with E-state index in [1.165, 1.54) is 0 Å². The van der Waals surface area contributed by atoms with Gasteiger partial charge in [0.1, 0.15) is 5.75 Å². The summed E-state index contributed by atoms with van der Waals surface area (Å²) in [7, 11) is -1.96. The van der Waals surface area contributed by atoms with Gasteiger partial charge >= 0.3 is 0 Å². The SMILES string of the molecule is COc1ccc2c(c1)[C@]1(O[C@@H](CC(=O)N3Cc4ccccc4C[C@H]3CO)[C@H]([Si](C)(C)F)[C@H]1C)C(=O)N2Cc1ccc(N2CCCC2=O)cc1. The highest BCUT2D eigenvalue weighted by atomic mass is 28.4. The molecule has 49 heavy (non-hydrogen) atoms. The molecule has 0 radical (unpaired) electrons. The van der Waals surface area contributed by atoms with Crippen LogP contribution >= 0.6 is 0 Å². The summed E-state index contributed by atoms with van der Waals surface area (Å²) in [5.74, 6) is -0.428. The lowest BCUT2D eigenvalue weighted by molar-refractivity contribution is -0.151. The van der Waals surface area contributed by atoms with Gasteiger partial charge in [-0.3, -0.25) is 14.4 Å². The fraction of sp³-hybridized carbons (Fsp3) is 0.447. The fourth-order valence-electron chi connectivity index (χ4n) is 8.73. The van der Waals surface area contributed by atoms with Crippen molar-refractivity contribution < 1.29 is 33.1 Å². The van der Waals surface area contributed by atoms with E-state index in [1.807, 2.05) is 67.6 Å². The molecule has 0 aromatic heterocycles. The van der Waals surface area contributed by atoms with Gasteiger partial charge in [0.25, 0.3) is 5.91 Å². The third-order valence-corrected chi connectivity index (χ3v) is 13.5. The summed E-state index contributed by atoms with van der Waals surface area (Å²) in [6, 6.07) is 20.6. The fourth-order valence-corrected chi connectivity index (χ4v) is 11.2. The molecule has 3 aromatic carbocycles. The van der Waals surface area contributed by atoms with Crippen molar-refractivity contribution >= 4 is 37.5 Å². The van der Waals surface area contributed by atoms with Crippen molar-refractivity contribution in [2.45, 2.75) is 82.1 Å². The van der Waals surface area contributed by atoms with Crippen LogP contribution in [0.4, 0.5) is 15.5 Å². The third kappa shape index (κ3) is 5.65. The zero-order valence-electron chi connectivity index (χ0n) is 28.5. The van der Waals surface area contributed by atoms with Crippen molar-refractivity contribution in [2.24, 2.45) is 5.92 Å². The van der Waals surface area contributed by atoms with Gasteiger partial charge in [0.2, 0.25) is 20.2 Å². The van der Waals surface area contributed by atoms with Crippen LogP contribution in [0.3, 0.4) is 0 Å². The molecule has 1 spiro atoms. The zero-order chi connectivity index (χ0) is 34.7. The molecule has 11 heteroatoms. The Kier molecular flexibility index (Phi) is 8.65. The van der Waals surface area contributed by atoms with Gasteiger partial charge in [-0.25, -0.2) is 0 Å². The number of fused-ring (bicyclic) bond motifs is 3. The van der Waals surface area contributed by atoms with Crippen LogP contribution in [-0.4, -0.2) is 68.5 Å². The number of carbonyl (C=O) groups excluding carboxylic acids is 3. The number of hydrogen-bond acceptors (Lipinski definition) is 6. The average molecular weight is 686 g/mol. The average Bonchev–Trinajstić information content (AvgIpc) is 3.72. The van der Waals surface area contributed by atoms with E-state index in [0.717, 1.165) is 28.8 Å². The van der Waals surface area contributed by atoms with Gasteiger partial charge in [-0.1, -0.05) is 43.3 Å².